The molecule has 106 valence electrons. The summed E-state index contributed by atoms with van der Waals surface area (Å²) in [7, 11) is 0. The highest BCUT2D eigenvalue weighted by Crippen LogP contribution is 2.25. The summed E-state index contributed by atoms with van der Waals surface area (Å²) in [5.41, 5.74) is 6.34. The first-order chi connectivity index (χ1) is 10.3. The lowest BCUT2D eigenvalue weighted by Crippen LogP contribution is -2.29. The van der Waals surface area contributed by atoms with Crippen LogP contribution < -0.4 is 11.3 Å². The number of nitrogens with two attached hydrogens (primary N) is 1. The number of hydrazine groups is 1. The second-order valence-corrected chi connectivity index (χ2v) is 5.88. The van der Waals surface area contributed by atoms with Crippen LogP contribution in [0.1, 0.15) is 17.2 Å². The van der Waals surface area contributed by atoms with Gasteiger partial charge in [-0.05, 0) is 41.8 Å². The highest BCUT2D eigenvalue weighted by molar-refractivity contribution is 9.10. The molecule has 1 aromatic heterocycles. The van der Waals surface area contributed by atoms with Crippen LogP contribution in [0.4, 0.5) is 0 Å². The summed E-state index contributed by atoms with van der Waals surface area (Å²) in [6, 6.07) is 18.5. The fraction of sp³-hybridized carbons (Fsp3) is 0.118. The van der Waals surface area contributed by atoms with Crippen LogP contribution in [0.5, 0.6) is 0 Å². The van der Waals surface area contributed by atoms with E-state index in [2.05, 4.69) is 44.5 Å². The van der Waals surface area contributed by atoms with Crippen molar-refractivity contribution in [3.05, 3.63) is 76.4 Å². The van der Waals surface area contributed by atoms with Gasteiger partial charge in [-0.1, -0.05) is 46.3 Å². The second kappa shape index (κ2) is 6.35. The van der Waals surface area contributed by atoms with E-state index >= 15 is 0 Å². The Morgan fingerprint density at radius 1 is 1.05 bits per heavy atom. The van der Waals surface area contributed by atoms with Gasteiger partial charge >= 0.3 is 0 Å². The predicted molar refractivity (Wildman–Crippen MR) is 89.7 cm³/mol. The normalized spacial score (nSPS) is 12.5. The molecule has 0 saturated heterocycles. The molecule has 0 saturated carbocycles. The fourth-order valence-corrected chi connectivity index (χ4v) is 2.80. The molecule has 3 aromatic rings. The number of nitrogens with zero attached hydrogens (tertiary/aromatic N) is 1. The van der Waals surface area contributed by atoms with Crippen LogP contribution in [0.15, 0.2) is 65.3 Å². The molecular weight excluding hydrogens is 326 g/mol. The maximum Gasteiger partial charge on any atom is 0.0705 e. The zero-order valence-corrected chi connectivity index (χ0v) is 13.0. The summed E-state index contributed by atoms with van der Waals surface area (Å²) in [5, 5.41) is 1.14. The average molecular weight is 342 g/mol. The third kappa shape index (κ3) is 3.13. The number of pyridine rings is 1. The standard InChI is InChI=1S/C17H16BrN3/c18-13-7-5-12(6-8-13)11-17(21-19)15-9-10-20-16-4-2-1-3-14(15)16/h1-10,17,21H,11,19H2. The summed E-state index contributed by atoms with van der Waals surface area (Å²) >= 11 is 3.46. The van der Waals surface area contributed by atoms with Crippen LogP contribution >= 0.6 is 15.9 Å². The summed E-state index contributed by atoms with van der Waals surface area (Å²) in [6.45, 7) is 0. The van der Waals surface area contributed by atoms with Gasteiger partial charge in [-0.2, -0.15) is 0 Å². The van der Waals surface area contributed by atoms with Crippen molar-refractivity contribution in [2.24, 2.45) is 5.84 Å². The quantitative estimate of drug-likeness (QED) is 0.561. The highest BCUT2D eigenvalue weighted by atomic mass is 79.9. The highest BCUT2D eigenvalue weighted by Gasteiger charge is 2.13. The van der Waals surface area contributed by atoms with Crippen LogP contribution in [-0.2, 0) is 6.42 Å². The number of fused-ring (bicyclic) bond motifs is 1. The molecule has 3 N–H and O–H groups in total. The van der Waals surface area contributed by atoms with Crippen LogP contribution in [-0.4, -0.2) is 4.98 Å². The van der Waals surface area contributed by atoms with Crippen LogP contribution in [0.25, 0.3) is 10.9 Å². The lowest BCUT2D eigenvalue weighted by atomic mass is 9.96. The Bertz CT molecular complexity index is 735. The molecule has 0 amide bonds. The number of hydrogen-bond acceptors (Lipinski definition) is 3. The van der Waals surface area contributed by atoms with E-state index in [1.54, 1.807) is 0 Å². The summed E-state index contributed by atoms with van der Waals surface area (Å²) in [5.74, 6) is 5.79. The van der Waals surface area contributed by atoms with Crippen molar-refractivity contribution in [2.45, 2.75) is 12.5 Å². The molecule has 1 heterocycles. The number of halogens is 1. The van der Waals surface area contributed by atoms with Gasteiger partial charge in [-0.25, -0.2) is 0 Å². The van der Waals surface area contributed by atoms with Gasteiger partial charge in [0, 0.05) is 16.1 Å². The first-order valence-electron chi connectivity index (χ1n) is 6.82. The Balaban J connectivity index is 1.96. The largest absolute Gasteiger partial charge is 0.271 e. The van der Waals surface area contributed by atoms with Crippen molar-refractivity contribution in [2.75, 3.05) is 0 Å². The van der Waals surface area contributed by atoms with Gasteiger partial charge in [-0.15, -0.1) is 0 Å². The van der Waals surface area contributed by atoms with Gasteiger partial charge in [0.15, 0.2) is 0 Å². The number of aromatic nitrogens is 1. The average Bonchev–Trinajstić information content (AvgIpc) is 2.54. The number of benzene rings is 2. The van der Waals surface area contributed by atoms with Crippen molar-refractivity contribution >= 4 is 26.8 Å². The monoisotopic (exact) mass is 341 g/mol. The maximum atomic E-state index is 5.79. The second-order valence-electron chi connectivity index (χ2n) is 4.97. The maximum absolute atomic E-state index is 5.79. The zero-order valence-electron chi connectivity index (χ0n) is 11.5. The van der Waals surface area contributed by atoms with E-state index in [0.717, 1.165) is 21.8 Å². The van der Waals surface area contributed by atoms with Crippen LogP contribution in [0.3, 0.4) is 0 Å². The van der Waals surface area contributed by atoms with Crippen LogP contribution in [0, 0.1) is 0 Å². The minimum absolute atomic E-state index is 0.0547. The SMILES string of the molecule is NNC(Cc1ccc(Br)cc1)c1ccnc2ccccc12. The van der Waals surface area contributed by atoms with Crippen molar-refractivity contribution in [1.29, 1.82) is 0 Å². The van der Waals surface area contributed by atoms with E-state index in [-0.39, 0.29) is 6.04 Å². The molecule has 2 aromatic carbocycles. The Morgan fingerprint density at radius 3 is 2.57 bits per heavy atom. The van der Waals surface area contributed by atoms with Gasteiger partial charge in [0.25, 0.3) is 0 Å². The zero-order chi connectivity index (χ0) is 14.7. The molecule has 0 aliphatic rings. The van der Waals surface area contributed by atoms with E-state index in [1.165, 1.54) is 11.1 Å². The Morgan fingerprint density at radius 2 is 1.81 bits per heavy atom. The van der Waals surface area contributed by atoms with E-state index in [4.69, 9.17) is 5.84 Å². The third-order valence-corrected chi connectivity index (χ3v) is 4.14. The molecule has 0 bridgehead atoms. The molecule has 4 heteroatoms. The Hall–Kier alpha value is -1.75. The molecule has 0 aliphatic carbocycles. The van der Waals surface area contributed by atoms with Gasteiger partial charge in [0.1, 0.15) is 0 Å². The number of nitrogens with one attached hydrogen (secondary N) is 1. The van der Waals surface area contributed by atoms with Gasteiger partial charge < -0.3 is 0 Å². The Kier molecular flexibility index (Phi) is 4.29. The lowest BCUT2D eigenvalue weighted by Gasteiger charge is -2.18. The minimum Gasteiger partial charge on any atom is -0.271 e. The predicted octanol–water partition coefficient (Wildman–Crippen LogP) is 3.74. The molecule has 1 unspecified atom stereocenters. The molecule has 3 rings (SSSR count). The van der Waals surface area contributed by atoms with Gasteiger partial charge in [-0.3, -0.25) is 16.3 Å². The number of rotatable bonds is 4. The fourth-order valence-electron chi connectivity index (χ4n) is 2.54. The molecule has 0 spiro atoms. The molecule has 1 atom stereocenters. The number of para-hydroxylation sites is 1. The molecular formula is C17H16BrN3. The molecule has 3 nitrogen and oxygen atoms in total. The summed E-state index contributed by atoms with van der Waals surface area (Å²) < 4.78 is 1.08. The summed E-state index contributed by atoms with van der Waals surface area (Å²) in [4.78, 5) is 4.40. The third-order valence-electron chi connectivity index (χ3n) is 3.61. The van der Waals surface area contributed by atoms with Crippen molar-refractivity contribution in [3.8, 4) is 0 Å². The van der Waals surface area contributed by atoms with E-state index < -0.39 is 0 Å². The topological polar surface area (TPSA) is 50.9 Å². The smallest absolute Gasteiger partial charge is 0.0705 e. The Labute approximate surface area is 132 Å². The van der Waals surface area contributed by atoms with Crippen molar-refractivity contribution < 1.29 is 0 Å². The van der Waals surface area contributed by atoms with E-state index in [0.29, 0.717) is 0 Å². The van der Waals surface area contributed by atoms with Gasteiger partial charge in [0.2, 0.25) is 0 Å². The lowest BCUT2D eigenvalue weighted by molar-refractivity contribution is 0.555. The first-order valence-corrected chi connectivity index (χ1v) is 7.61. The minimum atomic E-state index is 0.0547. The van der Waals surface area contributed by atoms with Gasteiger partial charge in [0.05, 0.1) is 11.6 Å². The van der Waals surface area contributed by atoms with E-state index in [9.17, 15) is 0 Å². The first kappa shape index (κ1) is 14.2. The van der Waals surface area contributed by atoms with E-state index in [1.807, 2.05) is 42.6 Å². The molecule has 0 aliphatic heterocycles. The molecule has 21 heavy (non-hydrogen) atoms. The number of hydrogen-bond donors (Lipinski definition) is 2. The van der Waals surface area contributed by atoms with Crippen molar-refractivity contribution in [3.63, 3.8) is 0 Å². The molecule has 0 fully saturated rings. The van der Waals surface area contributed by atoms with Crippen molar-refractivity contribution in [1.82, 2.24) is 10.4 Å². The summed E-state index contributed by atoms with van der Waals surface area (Å²) in [6.07, 6.45) is 2.67. The van der Waals surface area contributed by atoms with Crippen LogP contribution in [0.2, 0.25) is 0 Å². The molecule has 0 radical (unpaired) electrons.